The Balaban J connectivity index is 2.25. The van der Waals surface area contributed by atoms with Crippen LogP contribution in [0.2, 0.25) is 0 Å². The van der Waals surface area contributed by atoms with Gasteiger partial charge in [0.1, 0.15) is 10.7 Å². The molecule has 1 saturated heterocycles. The van der Waals surface area contributed by atoms with Crippen molar-refractivity contribution in [3.8, 4) is 0 Å². The maximum absolute atomic E-state index is 13.6. The minimum Gasteiger partial charge on any atom is -0.377 e. The number of benzene rings is 1. The van der Waals surface area contributed by atoms with E-state index >= 15 is 0 Å². The van der Waals surface area contributed by atoms with Gasteiger partial charge in [-0.2, -0.15) is 0 Å². The van der Waals surface area contributed by atoms with Gasteiger partial charge in [0, 0.05) is 11.1 Å². The Kier molecular flexibility index (Phi) is 4.05. The van der Waals surface area contributed by atoms with Gasteiger partial charge in [0.15, 0.2) is 0 Å². The Morgan fingerprint density at radius 1 is 1.50 bits per heavy atom. The Morgan fingerprint density at radius 3 is 2.78 bits per heavy atom. The second kappa shape index (κ2) is 5.24. The molecule has 0 aliphatic carbocycles. The summed E-state index contributed by atoms with van der Waals surface area (Å²) in [6.07, 6.45) is 0.400. The third-order valence-corrected chi connectivity index (χ3v) is 4.88. The molecule has 1 aromatic rings. The van der Waals surface area contributed by atoms with Crippen molar-refractivity contribution in [3.63, 3.8) is 0 Å². The molecule has 1 aliphatic rings. The van der Waals surface area contributed by atoms with E-state index in [4.69, 9.17) is 4.74 Å². The number of halogens is 2. The predicted molar refractivity (Wildman–Crippen MR) is 68.2 cm³/mol. The van der Waals surface area contributed by atoms with E-state index in [0.717, 1.165) is 6.07 Å². The van der Waals surface area contributed by atoms with E-state index in [9.17, 15) is 12.8 Å². The molecule has 1 N–H and O–H groups in total. The van der Waals surface area contributed by atoms with Crippen LogP contribution in [0.5, 0.6) is 0 Å². The molecule has 0 saturated carbocycles. The fourth-order valence-corrected chi connectivity index (χ4v) is 3.57. The van der Waals surface area contributed by atoms with Gasteiger partial charge < -0.3 is 4.74 Å². The van der Waals surface area contributed by atoms with Gasteiger partial charge in [0.05, 0.1) is 12.1 Å². The van der Waals surface area contributed by atoms with Crippen LogP contribution >= 0.6 is 15.9 Å². The zero-order valence-corrected chi connectivity index (χ0v) is 12.1. The molecule has 0 radical (unpaired) electrons. The summed E-state index contributed by atoms with van der Waals surface area (Å²) < 4.78 is 46.0. The highest BCUT2D eigenvalue weighted by Crippen LogP contribution is 2.21. The normalized spacial score (nSPS) is 24.4. The van der Waals surface area contributed by atoms with Gasteiger partial charge in [0.2, 0.25) is 10.0 Å². The lowest BCUT2D eigenvalue weighted by Gasteiger charge is -2.16. The van der Waals surface area contributed by atoms with Crippen LogP contribution in [0.25, 0.3) is 0 Å². The monoisotopic (exact) mass is 337 g/mol. The first-order chi connectivity index (χ1) is 8.40. The van der Waals surface area contributed by atoms with Crippen molar-refractivity contribution >= 4 is 26.0 Å². The van der Waals surface area contributed by atoms with Gasteiger partial charge in [-0.05, 0) is 31.5 Å². The van der Waals surface area contributed by atoms with E-state index in [-0.39, 0.29) is 17.0 Å². The molecule has 0 bridgehead atoms. The summed E-state index contributed by atoms with van der Waals surface area (Å²) in [5.41, 5.74) is 0. The third-order valence-electron chi connectivity index (χ3n) is 2.87. The highest BCUT2D eigenvalue weighted by molar-refractivity contribution is 9.10. The summed E-state index contributed by atoms with van der Waals surface area (Å²) in [6.45, 7) is 2.30. The van der Waals surface area contributed by atoms with Crippen molar-refractivity contribution in [1.82, 2.24) is 4.72 Å². The Labute approximate surface area is 114 Å². The molecule has 1 aliphatic heterocycles. The van der Waals surface area contributed by atoms with Gasteiger partial charge >= 0.3 is 0 Å². The lowest BCUT2D eigenvalue weighted by molar-refractivity contribution is 0.117. The molecule has 18 heavy (non-hydrogen) atoms. The first-order valence-corrected chi connectivity index (χ1v) is 7.77. The fourth-order valence-electron chi connectivity index (χ4n) is 1.84. The maximum atomic E-state index is 13.6. The van der Waals surface area contributed by atoms with Gasteiger partial charge in [0.25, 0.3) is 0 Å². The van der Waals surface area contributed by atoms with Gasteiger partial charge in [-0.1, -0.05) is 15.9 Å². The van der Waals surface area contributed by atoms with Crippen LogP contribution in [0, 0.1) is 5.82 Å². The number of sulfonamides is 1. The van der Waals surface area contributed by atoms with E-state index in [1.807, 2.05) is 0 Å². The lowest BCUT2D eigenvalue weighted by atomic mass is 10.2. The van der Waals surface area contributed by atoms with Crippen molar-refractivity contribution in [3.05, 3.63) is 28.5 Å². The van der Waals surface area contributed by atoms with Crippen LogP contribution in [0.4, 0.5) is 4.39 Å². The highest BCUT2D eigenvalue weighted by Gasteiger charge is 2.30. The van der Waals surface area contributed by atoms with Crippen molar-refractivity contribution in [2.75, 3.05) is 6.61 Å². The van der Waals surface area contributed by atoms with Crippen molar-refractivity contribution in [2.45, 2.75) is 30.4 Å². The third kappa shape index (κ3) is 2.90. The van der Waals surface area contributed by atoms with E-state index in [2.05, 4.69) is 20.7 Å². The van der Waals surface area contributed by atoms with Crippen LogP contribution in [-0.2, 0) is 14.8 Å². The number of hydrogen-bond acceptors (Lipinski definition) is 3. The topological polar surface area (TPSA) is 55.4 Å². The summed E-state index contributed by atoms with van der Waals surface area (Å²) in [4.78, 5) is -0.343. The first kappa shape index (κ1) is 13.9. The molecule has 0 aromatic heterocycles. The SMILES string of the molecule is CC1OCCC1NS(=O)(=O)c1ccc(Br)cc1F. The van der Waals surface area contributed by atoms with E-state index in [0.29, 0.717) is 17.5 Å². The molecule has 0 spiro atoms. The average molecular weight is 338 g/mol. The standard InChI is InChI=1S/C11H13BrFNO3S/c1-7-10(4-5-17-7)14-18(15,16)11-3-2-8(12)6-9(11)13/h2-3,6-7,10,14H,4-5H2,1H3. The molecule has 1 heterocycles. The molecule has 1 aromatic carbocycles. The molecular weight excluding hydrogens is 325 g/mol. The van der Waals surface area contributed by atoms with Crippen LogP contribution in [0.15, 0.2) is 27.6 Å². The average Bonchev–Trinajstić information content (AvgIpc) is 2.63. The molecule has 4 nitrogen and oxygen atoms in total. The van der Waals surface area contributed by atoms with Crippen LogP contribution in [0.3, 0.4) is 0 Å². The smallest absolute Gasteiger partial charge is 0.243 e. The summed E-state index contributed by atoms with van der Waals surface area (Å²) in [5, 5.41) is 0. The second-order valence-corrected chi connectivity index (χ2v) is 6.77. The van der Waals surface area contributed by atoms with Gasteiger partial charge in [-0.15, -0.1) is 0 Å². The number of hydrogen-bond donors (Lipinski definition) is 1. The molecule has 1 fully saturated rings. The zero-order chi connectivity index (χ0) is 13.3. The minimum atomic E-state index is -3.85. The van der Waals surface area contributed by atoms with Crippen molar-refractivity contribution < 1.29 is 17.5 Å². The van der Waals surface area contributed by atoms with Crippen LogP contribution in [0.1, 0.15) is 13.3 Å². The quantitative estimate of drug-likeness (QED) is 0.918. The molecule has 2 rings (SSSR count). The van der Waals surface area contributed by atoms with E-state index < -0.39 is 15.8 Å². The minimum absolute atomic E-state index is 0.196. The van der Waals surface area contributed by atoms with Crippen molar-refractivity contribution in [2.24, 2.45) is 0 Å². The Hall–Kier alpha value is -0.500. The number of rotatable bonds is 3. The van der Waals surface area contributed by atoms with Crippen LogP contribution in [-0.4, -0.2) is 27.2 Å². The van der Waals surface area contributed by atoms with E-state index in [1.165, 1.54) is 12.1 Å². The molecule has 2 unspecified atom stereocenters. The first-order valence-electron chi connectivity index (χ1n) is 5.49. The highest BCUT2D eigenvalue weighted by atomic mass is 79.9. The summed E-state index contributed by atoms with van der Waals surface area (Å²) >= 11 is 3.09. The molecule has 7 heteroatoms. The summed E-state index contributed by atoms with van der Waals surface area (Å²) in [7, 11) is -3.85. The summed E-state index contributed by atoms with van der Waals surface area (Å²) in [5.74, 6) is -0.775. The van der Waals surface area contributed by atoms with Crippen molar-refractivity contribution in [1.29, 1.82) is 0 Å². The van der Waals surface area contributed by atoms with E-state index in [1.54, 1.807) is 6.92 Å². The zero-order valence-electron chi connectivity index (χ0n) is 9.69. The second-order valence-electron chi connectivity index (χ2n) is 4.17. The molecule has 100 valence electrons. The summed E-state index contributed by atoms with van der Waals surface area (Å²) in [6, 6.07) is 3.55. The fraction of sp³-hybridized carbons (Fsp3) is 0.455. The largest absolute Gasteiger partial charge is 0.377 e. The Bertz CT molecular complexity index is 549. The lowest BCUT2D eigenvalue weighted by Crippen LogP contribution is -2.39. The Morgan fingerprint density at radius 2 is 2.22 bits per heavy atom. The van der Waals surface area contributed by atoms with Gasteiger partial charge in [-0.25, -0.2) is 17.5 Å². The number of ether oxygens (including phenoxy) is 1. The van der Waals surface area contributed by atoms with Gasteiger partial charge in [-0.3, -0.25) is 0 Å². The maximum Gasteiger partial charge on any atom is 0.243 e. The molecule has 2 atom stereocenters. The molecular formula is C11H13BrFNO3S. The predicted octanol–water partition coefficient (Wildman–Crippen LogP) is 2.04. The number of nitrogens with one attached hydrogen (secondary N) is 1. The van der Waals surface area contributed by atoms with Crippen LogP contribution < -0.4 is 4.72 Å². The molecule has 0 amide bonds.